The SMILES string of the molecule is O=C1CC(CCl)CN1CCc1cccc2c1OCO2. The molecule has 0 aliphatic carbocycles. The first-order valence-corrected chi connectivity index (χ1v) is 7.02. The molecule has 2 aliphatic rings. The van der Waals surface area contributed by atoms with Crippen LogP contribution in [0, 0.1) is 5.92 Å². The number of halogens is 1. The Balaban J connectivity index is 1.64. The Morgan fingerprint density at radius 1 is 1.37 bits per heavy atom. The molecule has 1 aromatic carbocycles. The van der Waals surface area contributed by atoms with Gasteiger partial charge < -0.3 is 14.4 Å². The minimum atomic E-state index is 0.204. The number of hydrogen-bond acceptors (Lipinski definition) is 3. The van der Waals surface area contributed by atoms with Crippen molar-refractivity contribution in [3.05, 3.63) is 23.8 Å². The highest BCUT2D eigenvalue weighted by Crippen LogP contribution is 2.35. The quantitative estimate of drug-likeness (QED) is 0.793. The van der Waals surface area contributed by atoms with Crippen molar-refractivity contribution >= 4 is 17.5 Å². The lowest BCUT2D eigenvalue weighted by Gasteiger charge is -2.16. The molecule has 1 aromatic rings. The van der Waals surface area contributed by atoms with Gasteiger partial charge in [-0.1, -0.05) is 12.1 Å². The molecule has 1 unspecified atom stereocenters. The summed E-state index contributed by atoms with van der Waals surface area (Å²) in [6.45, 7) is 1.77. The van der Waals surface area contributed by atoms with Crippen LogP contribution < -0.4 is 9.47 Å². The number of hydrogen-bond donors (Lipinski definition) is 0. The van der Waals surface area contributed by atoms with Crippen molar-refractivity contribution in [3.8, 4) is 11.5 Å². The van der Waals surface area contributed by atoms with E-state index in [-0.39, 0.29) is 12.7 Å². The van der Waals surface area contributed by atoms with Gasteiger partial charge in [-0.3, -0.25) is 4.79 Å². The van der Waals surface area contributed by atoms with Gasteiger partial charge in [0, 0.05) is 25.4 Å². The molecule has 1 saturated heterocycles. The van der Waals surface area contributed by atoms with Crippen LogP contribution in [0.1, 0.15) is 12.0 Å². The Hall–Kier alpha value is -1.42. The van der Waals surface area contributed by atoms with Gasteiger partial charge in [0.1, 0.15) is 0 Å². The molecule has 5 heteroatoms. The Labute approximate surface area is 117 Å². The van der Waals surface area contributed by atoms with Gasteiger partial charge in [0.05, 0.1) is 0 Å². The molecule has 0 aromatic heterocycles. The molecule has 102 valence electrons. The molecule has 0 N–H and O–H groups in total. The molecule has 0 radical (unpaired) electrons. The fraction of sp³-hybridized carbons (Fsp3) is 0.500. The average Bonchev–Trinajstić information content (AvgIpc) is 3.02. The number of rotatable bonds is 4. The zero-order chi connectivity index (χ0) is 13.2. The largest absolute Gasteiger partial charge is 0.454 e. The summed E-state index contributed by atoms with van der Waals surface area (Å²) in [4.78, 5) is 13.7. The van der Waals surface area contributed by atoms with Crippen molar-refractivity contribution in [2.24, 2.45) is 5.92 Å². The van der Waals surface area contributed by atoms with Crippen LogP contribution in [0.15, 0.2) is 18.2 Å². The second-order valence-corrected chi connectivity index (χ2v) is 5.27. The van der Waals surface area contributed by atoms with Gasteiger partial charge in [0.2, 0.25) is 12.7 Å². The van der Waals surface area contributed by atoms with Crippen LogP contribution in [-0.2, 0) is 11.2 Å². The number of likely N-dealkylation sites (tertiary alicyclic amines) is 1. The molecule has 0 saturated carbocycles. The predicted octanol–water partition coefficient (Wildman–Crippen LogP) is 2.05. The second kappa shape index (κ2) is 5.29. The highest BCUT2D eigenvalue weighted by Gasteiger charge is 2.28. The maximum Gasteiger partial charge on any atom is 0.231 e. The number of amides is 1. The standard InChI is InChI=1S/C14H16ClNO3/c15-7-10-6-13(17)16(8-10)5-4-11-2-1-3-12-14(11)19-9-18-12/h1-3,10H,4-9H2. The summed E-state index contributed by atoms with van der Waals surface area (Å²) in [5, 5.41) is 0. The third-order valence-corrected chi connectivity index (χ3v) is 4.08. The highest BCUT2D eigenvalue weighted by atomic mass is 35.5. The van der Waals surface area contributed by atoms with Crippen LogP contribution in [0.4, 0.5) is 0 Å². The van der Waals surface area contributed by atoms with Crippen LogP contribution in [0.25, 0.3) is 0 Å². The van der Waals surface area contributed by atoms with Gasteiger partial charge in [0.15, 0.2) is 11.5 Å². The predicted molar refractivity (Wildman–Crippen MR) is 71.7 cm³/mol. The molecule has 1 atom stereocenters. The fourth-order valence-corrected chi connectivity index (χ4v) is 2.82. The molecule has 2 aliphatic heterocycles. The first kappa shape index (κ1) is 12.6. The smallest absolute Gasteiger partial charge is 0.231 e. The van der Waals surface area contributed by atoms with E-state index in [1.807, 2.05) is 23.1 Å². The van der Waals surface area contributed by atoms with Crippen molar-refractivity contribution in [2.45, 2.75) is 12.8 Å². The Morgan fingerprint density at radius 2 is 2.26 bits per heavy atom. The van der Waals surface area contributed by atoms with E-state index in [4.69, 9.17) is 21.1 Å². The summed E-state index contributed by atoms with van der Waals surface area (Å²) < 4.78 is 10.8. The molecular weight excluding hydrogens is 266 g/mol. The number of ether oxygens (including phenoxy) is 2. The minimum absolute atomic E-state index is 0.204. The molecule has 2 heterocycles. The normalized spacial score (nSPS) is 21.2. The summed E-state index contributed by atoms with van der Waals surface area (Å²) in [7, 11) is 0. The molecule has 0 bridgehead atoms. The van der Waals surface area contributed by atoms with Gasteiger partial charge in [0.25, 0.3) is 0 Å². The number of fused-ring (bicyclic) bond motifs is 1. The highest BCUT2D eigenvalue weighted by molar-refractivity contribution is 6.18. The number of nitrogens with zero attached hydrogens (tertiary/aromatic N) is 1. The third-order valence-electron chi connectivity index (χ3n) is 3.64. The summed E-state index contributed by atoms with van der Waals surface area (Å²) in [5.74, 6) is 2.68. The molecule has 0 spiro atoms. The lowest BCUT2D eigenvalue weighted by Crippen LogP contribution is -2.27. The number of carbonyl (C=O) groups is 1. The molecule has 19 heavy (non-hydrogen) atoms. The Kier molecular flexibility index (Phi) is 3.51. The van der Waals surface area contributed by atoms with E-state index in [9.17, 15) is 4.79 Å². The zero-order valence-corrected chi connectivity index (χ0v) is 11.4. The second-order valence-electron chi connectivity index (χ2n) is 4.97. The zero-order valence-electron chi connectivity index (χ0n) is 10.6. The van der Waals surface area contributed by atoms with Crippen LogP contribution in [0.2, 0.25) is 0 Å². The Morgan fingerprint density at radius 3 is 3.05 bits per heavy atom. The van der Waals surface area contributed by atoms with Gasteiger partial charge >= 0.3 is 0 Å². The first-order valence-electron chi connectivity index (χ1n) is 6.49. The van der Waals surface area contributed by atoms with Crippen LogP contribution in [0.5, 0.6) is 11.5 Å². The number of para-hydroxylation sites is 1. The number of benzene rings is 1. The van der Waals surface area contributed by atoms with Crippen LogP contribution >= 0.6 is 11.6 Å². The van der Waals surface area contributed by atoms with E-state index < -0.39 is 0 Å². The fourth-order valence-electron chi connectivity index (χ4n) is 2.62. The van der Waals surface area contributed by atoms with Gasteiger partial charge in [-0.2, -0.15) is 0 Å². The van der Waals surface area contributed by atoms with E-state index in [0.29, 0.717) is 24.8 Å². The minimum Gasteiger partial charge on any atom is -0.454 e. The Bertz CT molecular complexity index is 492. The summed E-state index contributed by atoms with van der Waals surface area (Å²) in [6.07, 6.45) is 1.36. The molecule has 4 nitrogen and oxygen atoms in total. The van der Waals surface area contributed by atoms with Crippen molar-refractivity contribution in [1.82, 2.24) is 4.90 Å². The molecule has 1 amide bonds. The van der Waals surface area contributed by atoms with Crippen LogP contribution in [-0.4, -0.2) is 36.6 Å². The van der Waals surface area contributed by atoms with E-state index in [1.165, 1.54) is 0 Å². The summed E-state index contributed by atoms with van der Waals surface area (Å²) in [6, 6.07) is 5.87. The lowest BCUT2D eigenvalue weighted by atomic mass is 10.1. The number of alkyl halides is 1. The molecule has 1 fully saturated rings. The third kappa shape index (κ3) is 2.50. The summed E-state index contributed by atoms with van der Waals surface area (Å²) >= 11 is 5.82. The average molecular weight is 282 g/mol. The molecule has 3 rings (SSSR count). The van der Waals surface area contributed by atoms with Gasteiger partial charge in [-0.15, -0.1) is 11.6 Å². The van der Waals surface area contributed by atoms with Crippen LogP contribution in [0.3, 0.4) is 0 Å². The van der Waals surface area contributed by atoms with Gasteiger partial charge in [-0.05, 0) is 24.0 Å². The lowest BCUT2D eigenvalue weighted by molar-refractivity contribution is -0.127. The monoisotopic (exact) mass is 281 g/mol. The van der Waals surface area contributed by atoms with Gasteiger partial charge in [-0.25, -0.2) is 0 Å². The molecular formula is C14H16ClNO3. The van der Waals surface area contributed by atoms with Crippen molar-refractivity contribution in [1.29, 1.82) is 0 Å². The number of carbonyl (C=O) groups excluding carboxylic acids is 1. The van der Waals surface area contributed by atoms with E-state index in [2.05, 4.69) is 0 Å². The van der Waals surface area contributed by atoms with Crippen molar-refractivity contribution in [2.75, 3.05) is 25.8 Å². The first-order chi connectivity index (χ1) is 9.28. The maximum absolute atomic E-state index is 11.8. The van der Waals surface area contributed by atoms with E-state index in [1.54, 1.807) is 0 Å². The van der Waals surface area contributed by atoms with Crippen molar-refractivity contribution in [3.63, 3.8) is 0 Å². The van der Waals surface area contributed by atoms with Crippen molar-refractivity contribution < 1.29 is 14.3 Å². The summed E-state index contributed by atoms with van der Waals surface area (Å²) in [5.41, 5.74) is 1.09. The maximum atomic E-state index is 11.8. The van der Waals surface area contributed by atoms with E-state index >= 15 is 0 Å². The van der Waals surface area contributed by atoms with E-state index in [0.717, 1.165) is 30.0 Å². The topological polar surface area (TPSA) is 38.8 Å².